The Labute approximate surface area is 115 Å². The van der Waals surface area contributed by atoms with Gasteiger partial charge in [-0.1, -0.05) is 0 Å². The van der Waals surface area contributed by atoms with Gasteiger partial charge in [-0.05, 0) is 6.42 Å². The number of rotatable bonds is 4. The average Bonchev–Trinajstić information content (AvgIpc) is 2.76. The average molecular weight is 274 g/mol. The fraction of sp³-hybridized carbons (Fsp3) is 0.333. The summed E-state index contributed by atoms with van der Waals surface area (Å²) < 4.78 is 1.63. The summed E-state index contributed by atoms with van der Waals surface area (Å²) in [6.07, 6.45) is 6.71. The zero-order chi connectivity index (χ0) is 13.9. The SMILES string of the molecule is O=C(O)Nc1cnn(Cc2cnc(N3CCC3)nc2)c1. The largest absolute Gasteiger partial charge is 0.465 e. The number of carboxylic acid groups (broad SMARTS) is 1. The summed E-state index contributed by atoms with van der Waals surface area (Å²) in [5.74, 6) is 0.758. The van der Waals surface area contributed by atoms with Gasteiger partial charge in [-0.15, -0.1) is 0 Å². The first kappa shape index (κ1) is 12.4. The minimum absolute atomic E-state index is 0.440. The predicted molar refractivity (Wildman–Crippen MR) is 71.8 cm³/mol. The van der Waals surface area contributed by atoms with Gasteiger partial charge in [-0.25, -0.2) is 14.8 Å². The van der Waals surface area contributed by atoms with Crippen LogP contribution < -0.4 is 10.2 Å². The molecule has 3 rings (SSSR count). The van der Waals surface area contributed by atoms with Crippen LogP contribution in [0.4, 0.5) is 16.4 Å². The number of aromatic nitrogens is 4. The molecule has 8 heteroatoms. The fourth-order valence-corrected chi connectivity index (χ4v) is 1.93. The number of hydrogen-bond donors (Lipinski definition) is 2. The molecule has 8 nitrogen and oxygen atoms in total. The number of anilines is 2. The summed E-state index contributed by atoms with van der Waals surface area (Å²) in [7, 11) is 0. The van der Waals surface area contributed by atoms with Gasteiger partial charge >= 0.3 is 6.09 Å². The Kier molecular flexibility index (Phi) is 3.20. The van der Waals surface area contributed by atoms with Gasteiger partial charge in [0, 0.05) is 37.2 Å². The molecule has 0 saturated carbocycles. The van der Waals surface area contributed by atoms with Crippen LogP contribution in [0.2, 0.25) is 0 Å². The maximum absolute atomic E-state index is 10.5. The van der Waals surface area contributed by atoms with Gasteiger partial charge in [-0.3, -0.25) is 10.00 Å². The first-order valence-corrected chi connectivity index (χ1v) is 6.29. The summed E-state index contributed by atoms with van der Waals surface area (Å²) in [6, 6.07) is 0. The van der Waals surface area contributed by atoms with Crippen molar-refractivity contribution in [2.45, 2.75) is 13.0 Å². The smallest absolute Gasteiger partial charge is 0.409 e. The molecule has 0 aromatic carbocycles. The summed E-state index contributed by atoms with van der Waals surface area (Å²) in [5, 5.41) is 14.9. The monoisotopic (exact) mass is 274 g/mol. The minimum atomic E-state index is -1.10. The molecular weight excluding hydrogens is 260 g/mol. The second-order valence-electron chi connectivity index (χ2n) is 4.59. The van der Waals surface area contributed by atoms with Crippen LogP contribution in [-0.2, 0) is 6.54 Å². The maximum atomic E-state index is 10.5. The molecule has 1 fully saturated rings. The van der Waals surface area contributed by atoms with Gasteiger partial charge in [-0.2, -0.15) is 5.10 Å². The lowest BCUT2D eigenvalue weighted by atomic mass is 10.2. The van der Waals surface area contributed by atoms with Gasteiger partial charge < -0.3 is 10.0 Å². The van der Waals surface area contributed by atoms with Crippen LogP contribution in [0.25, 0.3) is 0 Å². The van der Waals surface area contributed by atoms with Crippen molar-refractivity contribution >= 4 is 17.7 Å². The highest BCUT2D eigenvalue weighted by atomic mass is 16.4. The second kappa shape index (κ2) is 5.16. The number of carbonyl (C=O) groups is 1. The second-order valence-corrected chi connectivity index (χ2v) is 4.59. The molecule has 20 heavy (non-hydrogen) atoms. The zero-order valence-corrected chi connectivity index (χ0v) is 10.7. The van der Waals surface area contributed by atoms with Gasteiger partial charge in [0.1, 0.15) is 0 Å². The summed E-state index contributed by atoms with van der Waals surface area (Å²) in [4.78, 5) is 21.2. The highest BCUT2D eigenvalue weighted by Crippen LogP contribution is 2.15. The molecule has 104 valence electrons. The molecule has 2 aromatic heterocycles. The Morgan fingerprint density at radius 2 is 2.05 bits per heavy atom. The number of amides is 1. The Hall–Kier alpha value is -2.64. The Morgan fingerprint density at radius 3 is 2.65 bits per heavy atom. The molecular formula is C12H14N6O2. The van der Waals surface area contributed by atoms with Crippen LogP contribution in [0.3, 0.4) is 0 Å². The first-order chi connectivity index (χ1) is 9.70. The molecule has 1 saturated heterocycles. The minimum Gasteiger partial charge on any atom is -0.465 e. The molecule has 0 atom stereocenters. The van der Waals surface area contributed by atoms with Crippen molar-refractivity contribution in [1.29, 1.82) is 0 Å². The van der Waals surface area contributed by atoms with Crippen LogP contribution in [0.15, 0.2) is 24.8 Å². The van der Waals surface area contributed by atoms with E-state index in [1.165, 1.54) is 12.6 Å². The lowest BCUT2D eigenvalue weighted by Gasteiger charge is -2.30. The summed E-state index contributed by atoms with van der Waals surface area (Å²) >= 11 is 0. The van der Waals surface area contributed by atoms with Crippen LogP contribution >= 0.6 is 0 Å². The van der Waals surface area contributed by atoms with E-state index >= 15 is 0 Å². The highest BCUT2D eigenvalue weighted by Gasteiger charge is 2.16. The van der Waals surface area contributed by atoms with E-state index in [1.54, 1.807) is 23.3 Å². The third kappa shape index (κ3) is 2.68. The maximum Gasteiger partial charge on any atom is 0.409 e. The van der Waals surface area contributed by atoms with Crippen LogP contribution in [0.1, 0.15) is 12.0 Å². The lowest BCUT2D eigenvalue weighted by molar-refractivity contribution is 0.210. The van der Waals surface area contributed by atoms with E-state index in [1.807, 2.05) is 0 Å². The molecule has 0 unspecified atom stereocenters. The van der Waals surface area contributed by atoms with Gasteiger partial charge in [0.2, 0.25) is 5.95 Å². The fourth-order valence-electron chi connectivity index (χ4n) is 1.93. The predicted octanol–water partition coefficient (Wildman–Crippen LogP) is 1.02. The Balaban J connectivity index is 1.64. The lowest BCUT2D eigenvalue weighted by Crippen LogP contribution is -2.38. The first-order valence-electron chi connectivity index (χ1n) is 6.29. The van der Waals surface area contributed by atoms with Crippen molar-refractivity contribution in [3.05, 3.63) is 30.4 Å². The normalized spacial score (nSPS) is 13.9. The quantitative estimate of drug-likeness (QED) is 0.864. The van der Waals surface area contributed by atoms with E-state index in [0.29, 0.717) is 12.2 Å². The molecule has 1 aliphatic heterocycles. The van der Waals surface area contributed by atoms with Crippen molar-refractivity contribution in [3.8, 4) is 0 Å². The standard InChI is InChI=1S/C12H14N6O2/c19-12(20)16-10-6-15-18(8-10)7-9-4-13-11(14-5-9)17-2-1-3-17/h4-6,8,16H,1-3,7H2,(H,19,20). The van der Waals surface area contributed by atoms with Crippen molar-refractivity contribution in [3.63, 3.8) is 0 Å². The van der Waals surface area contributed by atoms with Crippen molar-refractivity contribution in [1.82, 2.24) is 19.7 Å². The number of nitrogens with one attached hydrogen (secondary N) is 1. The van der Waals surface area contributed by atoms with E-state index in [4.69, 9.17) is 5.11 Å². The topological polar surface area (TPSA) is 96.2 Å². The van der Waals surface area contributed by atoms with E-state index < -0.39 is 6.09 Å². The summed E-state index contributed by atoms with van der Waals surface area (Å²) in [5.41, 5.74) is 1.36. The van der Waals surface area contributed by atoms with Crippen molar-refractivity contribution in [2.75, 3.05) is 23.3 Å². The number of hydrogen-bond acceptors (Lipinski definition) is 5. The molecule has 0 radical (unpaired) electrons. The van der Waals surface area contributed by atoms with Gasteiger partial charge in [0.05, 0.1) is 18.4 Å². The Morgan fingerprint density at radius 1 is 1.30 bits per heavy atom. The zero-order valence-electron chi connectivity index (χ0n) is 10.7. The van der Waals surface area contributed by atoms with Crippen LogP contribution in [0.5, 0.6) is 0 Å². The molecule has 0 bridgehead atoms. The van der Waals surface area contributed by atoms with Crippen LogP contribution in [0, 0.1) is 0 Å². The third-order valence-electron chi connectivity index (χ3n) is 3.06. The van der Waals surface area contributed by atoms with E-state index in [2.05, 4.69) is 25.3 Å². The summed E-state index contributed by atoms with van der Waals surface area (Å²) in [6.45, 7) is 2.53. The molecule has 2 aromatic rings. The molecule has 1 amide bonds. The molecule has 3 heterocycles. The highest BCUT2D eigenvalue weighted by molar-refractivity contribution is 5.82. The molecule has 1 aliphatic rings. The van der Waals surface area contributed by atoms with Crippen LogP contribution in [-0.4, -0.2) is 44.0 Å². The molecule has 0 spiro atoms. The van der Waals surface area contributed by atoms with E-state index in [9.17, 15) is 4.79 Å². The van der Waals surface area contributed by atoms with Crippen molar-refractivity contribution < 1.29 is 9.90 Å². The molecule has 2 N–H and O–H groups in total. The van der Waals surface area contributed by atoms with Gasteiger partial charge in [0.15, 0.2) is 0 Å². The van der Waals surface area contributed by atoms with Crippen molar-refractivity contribution in [2.24, 2.45) is 0 Å². The van der Waals surface area contributed by atoms with Gasteiger partial charge in [0.25, 0.3) is 0 Å². The number of nitrogens with zero attached hydrogens (tertiary/aromatic N) is 5. The van der Waals surface area contributed by atoms with E-state index in [-0.39, 0.29) is 0 Å². The Bertz CT molecular complexity index is 605. The van der Waals surface area contributed by atoms with E-state index in [0.717, 1.165) is 24.6 Å². The molecule has 0 aliphatic carbocycles. The third-order valence-corrected chi connectivity index (χ3v) is 3.06.